The van der Waals surface area contributed by atoms with Gasteiger partial charge in [-0.05, 0) is 54.4 Å². The van der Waals surface area contributed by atoms with E-state index in [4.69, 9.17) is 4.74 Å². The molecule has 0 aliphatic carbocycles. The Morgan fingerprint density at radius 3 is 2.56 bits per heavy atom. The summed E-state index contributed by atoms with van der Waals surface area (Å²) in [6.45, 7) is 3.56. The average Bonchev–Trinajstić information content (AvgIpc) is 3.29. The van der Waals surface area contributed by atoms with E-state index in [9.17, 15) is 9.18 Å². The first-order valence-corrected chi connectivity index (χ1v) is 10.7. The number of carbonyl (C=O) groups excluding carboxylic acids is 1. The Labute approximate surface area is 197 Å². The molecule has 0 bridgehead atoms. The van der Waals surface area contributed by atoms with Crippen LogP contribution >= 0.6 is 0 Å². The van der Waals surface area contributed by atoms with Crippen LogP contribution in [0.2, 0.25) is 0 Å². The van der Waals surface area contributed by atoms with Gasteiger partial charge in [-0.15, -0.1) is 6.58 Å². The van der Waals surface area contributed by atoms with E-state index in [-0.39, 0.29) is 12.4 Å². The summed E-state index contributed by atoms with van der Waals surface area (Å²) in [4.78, 5) is 12.3. The van der Waals surface area contributed by atoms with Crippen LogP contribution < -0.4 is 10.2 Å². The van der Waals surface area contributed by atoms with Crippen LogP contribution in [-0.4, -0.2) is 28.5 Å². The summed E-state index contributed by atoms with van der Waals surface area (Å²) in [6, 6.07) is 23.1. The minimum Gasteiger partial charge on any atom is -0.483 e. The molecule has 0 saturated heterocycles. The summed E-state index contributed by atoms with van der Waals surface area (Å²) < 4.78 is 20.8. The maximum atomic E-state index is 13.4. The van der Waals surface area contributed by atoms with Gasteiger partial charge in [0.05, 0.1) is 11.9 Å². The lowest BCUT2D eigenvalue weighted by Gasteiger charge is -2.09. The lowest BCUT2D eigenvalue weighted by molar-refractivity contribution is -0.123. The Kier molecular flexibility index (Phi) is 7.25. The second-order valence-electron chi connectivity index (χ2n) is 7.40. The van der Waals surface area contributed by atoms with Crippen molar-refractivity contribution in [3.63, 3.8) is 0 Å². The zero-order valence-corrected chi connectivity index (χ0v) is 18.4. The number of nitrogens with one attached hydrogen (secondary N) is 1. The van der Waals surface area contributed by atoms with Gasteiger partial charge in [0.2, 0.25) is 0 Å². The van der Waals surface area contributed by atoms with Gasteiger partial charge in [-0.1, -0.05) is 42.5 Å². The zero-order chi connectivity index (χ0) is 23.8. The number of hydrogen-bond acceptors (Lipinski definition) is 4. The van der Waals surface area contributed by atoms with E-state index in [0.29, 0.717) is 23.4 Å². The molecule has 0 aliphatic rings. The number of amides is 1. The lowest BCUT2D eigenvalue weighted by atomic mass is 10.1. The van der Waals surface area contributed by atoms with Gasteiger partial charge in [-0.3, -0.25) is 4.79 Å². The molecule has 34 heavy (non-hydrogen) atoms. The molecule has 0 atom stereocenters. The third-order valence-electron chi connectivity index (χ3n) is 4.97. The van der Waals surface area contributed by atoms with Crippen molar-refractivity contribution >= 4 is 12.1 Å². The van der Waals surface area contributed by atoms with Crippen LogP contribution in [0.4, 0.5) is 4.39 Å². The molecule has 1 N–H and O–H groups in total. The van der Waals surface area contributed by atoms with E-state index in [1.807, 2.05) is 54.6 Å². The first-order chi connectivity index (χ1) is 16.6. The first kappa shape index (κ1) is 22.7. The molecule has 0 radical (unpaired) electrons. The molecule has 7 heteroatoms. The van der Waals surface area contributed by atoms with Crippen molar-refractivity contribution in [2.75, 3.05) is 6.61 Å². The minimum absolute atomic E-state index is 0.181. The summed E-state index contributed by atoms with van der Waals surface area (Å²) in [7, 11) is 0. The fraction of sp³-hybridized carbons (Fsp3) is 0.0741. The number of halogens is 1. The molecule has 0 fully saturated rings. The Balaban J connectivity index is 1.48. The van der Waals surface area contributed by atoms with Crippen molar-refractivity contribution in [3.8, 4) is 22.7 Å². The van der Waals surface area contributed by atoms with E-state index in [2.05, 4.69) is 22.2 Å². The quantitative estimate of drug-likeness (QED) is 0.221. The monoisotopic (exact) mass is 454 g/mol. The molecule has 4 aromatic rings. The van der Waals surface area contributed by atoms with Crippen LogP contribution in [0.3, 0.4) is 0 Å². The van der Waals surface area contributed by atoms with Crippen molar-refractivity contribution in [1.82, 2.24) is 15.2 Å². The molecule has 170 valence electrons. The van der Waals surface area contributed by atoms with Crippen LogP contribution in [-0.2, 0) is 11.2 Å². The third kappa shape index (κ3) is 5.63. The van der Waals surface area contributed by atoms with Crippen LogP contribution in [0, 0.1) is 5.82 Å². The lowest BCUT2D eigenvalue weighted by Crippen LogP contribution is -2.24. The van der Waals surface area contributed by atoms with Gasteiger partial charge < -0.3 is 4.74 Å². The van der Waals surface area contributed by atoms with Crippen molar-refractivity contribution < 1.29 is 13.9 Å². The summed E-state index contributed by atoms with van der Waals surface area (Å²) in [5.41, 5.74) is 6.29. The summed E-state index contributed by atoms with van der Waals surface area (Å²) in [5.74, 6) is -0.101. The van der Waals surface area contributed by atoms with Crippen LogP contribution in [0.15, 0.2) is 103 Å². The highest BCUT2D eigenvalue weighted by atomic mass is 19.1. The molecule has 0 spiro atoms. The van der Waals surface area contributed by atoms with E-state index in [1.165, 1.54) is 18.3 Å². The van der Waals surface area contributed by atoms with E-state index in [0.717, 1.165) is 16.8 Å². The minimum atomic E-state index is -0.400. The van der Waals surface area contributed by atoms with Gasteiger partial charge in [0.1, 0.15) is 17.3 Å². The second kappa shape index (κ2) is 10.9. The molecule has 0 aliphatic heterocycles. The Bertz CT molecular complexity index is 1300. The van der Waals surface area contributed by atoms with Gasteiger partial charge in [0.15, 0.2) is 6.61 Å². The van der Waals surface area contributed by atoms with Crippen molar-refractivity contribution in [3.05, 3.63) is 115 Å². The molecule has 1 amide bonds. The Morgan fingerprint density at radius 1 is 1.06 bits per heavy atom. The molecular weight excluding hydrogens is 431 g/mol. The number of benzene rings is 3. The molecule has 4 rings (SSSR count). The van der Waals surface area contributed by atoms with E-state index in [1.54, 1.807) is 29.1 Å². The molecule has 1 heterocycles. The maximum Gasteiger partial charge on any atom is 0.277 e. The normalized spacial score (nSPS) is 10.9. The fourth-order valence-corrected chi connectivity index (χ4v) is 3.35. The smallest absolute Gasteiger partial charge is 0.277 e. The van der Waals surface area contributed by atoms with E-state index < -0.39 is 5.91 Å². The predicted molar refractivity (Wildman–Crippen MR) is 131 cm³/mol. The number of rotatable bonds is 9. The number of ether oxygens (including phenoxy) is 1. The molecule has 1 aromatic heterocycles. The van der Waals surface area contributed by atoms with Crippen molar-refractivity contribution in [1.29, 1.82) is 0 Å². The molecular formula is C27H23FN4O2. The number of para-hydroxylation sites is 2. The fourth-order valence-electron chi connectivity index (χ4n) is 3.35. The Morgan fingerprint density at radius 2 is 1.79 bits per heavy atom. The number of hydrogen-bond donors (Lipinski definition) is 1. The first-order valence-electron chi connectivity index (χ1n) is 10.7. The third-order valence-corrected chi connectivity index (χ3v) is 4.97. The molecule has 0 saturated carbocycles. The summed E-state index contributed by atoms with van der Waals surface area (Å²) >= 11 is 0. The van der Waals surface area contributed by atoms with Crippen LogP contribution in [0.25, 0.3) is 16.9 Å². The Hall–Kier alpha value is -4.52. The molecule has 0 unspecified atom stereocenters. The topological polar surface area (TPSA) is 68.5 Å². The molecule has 3 aromatic carbocycles. The molecule has 6 nitrogen and oxygen atoms in total. The van der Waals surface area contributed by atoms with Crippen molar-refractivity contribution in [2.24, 2.45) is 5.10 Å². The number of nitrogens with zero attached hydrogens (tertiary/aromatic N) is 3. The van der Waals surface area contributed by atoms with Gasteiger partial charge in [0, 0.05) is 17.3 Å². The van der Waals surface area contributed by atoms with E-state index >= 15 is 0 Å². The van der Waals surface area contributed by atoms with Crippen LogP contribution in [0.5, 0.6) is 5.75 Å². The average molecular weight is 455 g/mol. The predicted octanol–water partition coefficient (Wildman–Crippen LogP) is 4.94. The summed E-state index contributed by atoms with van der Waals surface area (Å²) in [5, 5.41) is 8.71. The highest BCUT2D eigenvalue weighted by molar-refractivity contribution is 5.89. The van der Waals surface area contributed by atoms with Crippen LogP contribution in [0.1, 0.15) is 11.1 Å². The highest BCUT2D eigenvalue weighted by Crippen LogP contribution is 2.23. The van der Waals surface area contributed by atoms with Gasteiger partial charge in [-0.25, -0.2) is 14.5 Å². The number of allylic oxidation sites excluding steroid dienone is 1. The van der Waals surface area contributed by atoms with Gasteiger partial charge in [0.25, 0.3) is 5.91 Å². The SMILES string of the molecule is C=CCc1ccccc1OCC(=O)N/N=C\c1cn(-c2ccccc2)nc1-c1ccc(F)cc1. The van der Waals surface area contributed by atoms with Crippen molar-refractivity contribution in [2.45, 2.75) is 6.42 Å². The number of aromatic nitrogens is 2. The van der Waals surface area contributed by atoms with Gasteiger partial charge in [-0.2, -0.15) is 10.2 Å². The largest absolute Gasteiger partial charge is 0.483 e. The summed E-state index contributed by atoms with van der Waals surface area (Å²) in [6.07, 6.45) is 5.73. The zero-order valence-electron chi connectivity index (χ0n) is 18.4. The highest BCUT2D eigenvalue weighted by Gasteiger charge is 2.12. The number of carbonyl (C=O) groups is 1. The van der Waals surface area contributed by atoms with Gasteiger partial charge >= 0.3 is 0 Å². The number of hydrazone groups is 1. The maximum absolute atomic E-state index is 13.4. The second-order valence-corrected chi connectivity index (χ2v) is 7.40. The standard InChI is InChI=1S/C27H23FN4O2/c1-2-8-20-9-6-7-12-25(20)34-19-26(33)30-29-17-22-18-32(24-10-4-3-5-11-24)31-27(22)21-13-15-23(28)16-14-21/h2-7,9-18H,1,8,19H2,(H,30,33)/b29-17-.